The second-order valence-electron chi connectivity index (χ2n) is 6.79. The zero-order chi connectivity index (χ0) is 20.7. The molecule has 0 aliphatic heterocycles. The quantitative estimate of drug-likeness (QED) is 0.401. The minimum atomic E-state index is -0.253. The van der Waals surface area contributed by atoms with Gasteiger partial charge in [0.1, 0.15) is 6.61 Å². The van der Waals surface area contributed by atoms with Crippen LogP contribution in [0.4, 0.5) is 0 Å². The van der Waals surface area contributed by atoms with Crippen LogP contribution in [0.2, 0.25) is 0 Å². The van der Waals surface area contributed by atoms with Crippen LogP contribution in [0.15, 0.2) is 51.4 Å². The van der Waals surface area contributed by atoms with Crippen molar-refractivity contribution in [2.24, 2.45) is 0 Å². The van der Waals surface area contributed by atoms with Crippen LogP contribution in [0.3, 0.4) is 0 Å². The summed E-state index contributed by atoms with van der Waals surface area (Å²) in [6.45, 7) is 4.15. The first-order valence-electron chi connectivity index (χ1n) is 9.07. The van der Waals surface area contributed by atoms with Gasteiger partial charge in [0.2, 0.25) is 0 Å². The molecular formula is C22H24Br2O4. The van der Waals surface area contributed by atoms with Crippen LogP contribution in [0.5, 0.6) is 0 Å². The largest absolute Gasteiger partial charge is 0.469 e. The molecule has 4 nitrogen and oxygen atoms in total. The van der Waals surface area contributed by atoms with Gasteiger partial charge in [0, 0.05) is 14.5 Å². The second kappa shape index (κ2) is 10.8. The molecule has 0 aromatic heterocycles. The molecule has 2 aromatic rings. The van der Waals surface area contributed by atoms with Gasteiger partial charge in [-0.3, -0.25) is 9.59 Å². The molecule has 0 fully saturated rings. The molecule has 0 saturated carbocycles. The minimum Gasteiger partial charge on any atom is -0.469 e. The van der Waals surface area contributed by atoms with Gasteiger partial charge in [-0.2, -0.15) is 0 Å². The molecule has 150 valence electrons. The normalized spacial score (nSPS) is 12.9. The SMILES string of the molecule is COC(=O)CC(C)c1cccc(COC(=O)CC(C)c2ccccc2Br)c1Br. The standard InChI is InChI=1S/C22H24Br2O4/c1-14(17-8-4-5-10-19(17)23)12-21(26)28-13-16-7-6-9-18(22(16)24)15(2)11-20(25)27-3/h4-10,14-15H,11-13H2,1-3H3. The van der Waals surface area contributed by atoms with E-state index in [0.717, 1.165) is 25.6 Å². The molecule has 2 atom stereocenters. The Hall–Kier alpha value is -1.66. The highest BCUT2D eigenvalue weighted by Gasteiger charge is 2.18. The van der Waals surface area contributed by atoms with E-state index in [-0.39, 0.29) is 30.4 Å². The lowest BCUT2D eigenvalue weighted by atomic mass is 9.96. The van der Waals surface area contributed by atoms with Crippen LogP contribution < -0.4 is 0 Å². The Morgan fingerprint density at radius 2 is 1.50 bits per heavy atom. The molecule has 0 bridgehead atoms. The van der Waals surface area contributed by atoms with Gasteiger partial charge in [-0.1, -0.05) is 82.1 Å². The first kappa shape index (κ1) is 22.6. The van der Waals surface area contributed by atoms with Crippen molar-refractivity contribution in [1.29, 1.82) is 0 Å². The van der Waals surface area contributed by atoms with Gasteiger partial charge in [0.15, 0.2) is 0 Å². The fourth-order valence-electron chi connectivity index (χ4n) is 2.99. The van der Waals surface area contributed by atoms with Crippen molar-refractivity contribution in [3.05, 3.63) is 68.1 Å². The highest BCUT2D eigenvalue weighted by Crippen LogP contribution is 2.31. The van der Waals surface area contributed by atoms with Gasteiger partial charge < -0.3 is 9.47 Å². The van der Waals surface area contributed by atoms with E-state index in [4.69, 9.17) is 9.47 Å². The number of esters is 2. The molecular weight excluding hydrogens is 488 g/mol. The fourth-order valence-corrected chi connectivity index (χ4v) is 4.43. The Kier molecular flexibility index (Phi) is 8.70. The summed E-state index contributed by atoms with van der Waals surface area (Å²) in [5.41, 5.74) is 2.94. The summed E-state index contributed by atoms with van der Waals surface area (Å²) in [6, 6.07) is 13.6. The Balaban J connectivity index is 1.98. The molecule has 28 heavy (non-hydrogen) atoms. The van der Waals surface area contributed by atoms with Crippen LogP contribution in [0.1, 0.15) is 55.2 Å². The van der Waals surface area contributed by atoms with Crippen LogP contribution in [0, 0.1) is 0 Å². The van der Waals surface area contributed by atoms with Crippen molar-refractivity contribution < 1.29 is 19.1 Å². The van der Waals surface area contributed by atoms with Crippen molar-refractivity contribution in [3.63, 3.8) is 0 Å². The number of methoxy groups -OCH3 is 1. The van der Waals surface area contributed by atoms with Crippen molar-refractivity contribution in [2.45, 2.75) is 45.1 Å². The molecule has 2 aromatic carbocycles. The van der Waals surface area contributed by atoms with Gasteiger partial charge in [0.25, 0.3) is 0 Å². The zero-order valence-electron chi connectivity index (χ0n) is 16.2. The van der Waals surface area contributed by atoms with Crippen molar-refractivity contribution in [1.82, 2.24) is 0 Å². The summed E-state index contributed by atoms with van der Waals surface area (Å²) >= 11 is 7.12. The minimum absolute atomic E-state index is 0.00655. The van der Waals surface area contributed by atoms with E-state index in [0.29, 0.717) is 12.8 Å². The van der Waals surface area contributed by atoms with Crippen LogP contribution in [-0.2, 0) is 25.7 Å². The van der Waals surface area contributed by atoms with E-state index in [1.807, 2.05) is 56.3 Å². The summed E-state index contributed by atoms with van der Waals surface area (Å²) in [7, 11) is 1.38. The first-order chi connectivity index (χ1) is 13.3. The molecule has 2 rings (SSSR count). The third kappa shape index (κ3) is 6.17. The Morgan fingerprint density at radius 1 is 0.893 bits per heavy atom. The molecule has 0 aliphatic rings. The predicted octanol–water partition coefficient (Wildman–Crippen LogP) is 6.12. The van der Waals surface area contributed by atoms with Crippen molar-refractivity contribution in [2.75, 3.05) is 7.11 Å². The van der Waals surface area contributed by atoms with Crippen LogP contribution in [-0.4, -0.2) is 19.0 Å². The molecule has 0 radical (unpaired) electrons. The third-order valence-electron chi connectivity index (χ3n) is 4.64. The highest BCUT2D eigenvalue weighted by molar-refractivity contribution is 9.10. The lowest BCUT2D eigenvalue weighted by Crippen LogP contribution is -2.10. The lowest BCUT2D eigenvalue weighted by Gasteiger charge is -2.16. The number of halogens is 2. The highest BCUT2D eigenvalue weighted by atomic mass is 79.9. The number of carbonyl (C=O) groups is 2. The smallest absolute Gasteiger partial charge is 0.306 e. The third-order valence-corrected chi connectivity index (χ3v) is 6.33. The summed E-state index contributed by atoms with van der Waals surface area (Å²) in [5, 5.41) is 0. The van der Waals surface area contributed by atoms with E-state index in [1.165, 1.54) is 7.11 Å². The molecule has 2 unspecified atom stereocenters. The lowest BCUT2D eigenvalue weighted by molar-refractivity contribution is -0.145. The van der Waals surface area contributed by atoms with Gasteiger partial charge in [-0.25, -0.2) is 0 Å². The predicted molar refractivity (Wildman–Crippen MR) is 116 cm³/mol. The monoisotopic (exact) mass is 510 g/mol. The number of ether oxygens (including phenoxy) is 2. The molecule has 0 N–H and O–H groups in total. The van der Waals surface area contributed by atoms with E-state index in [9.17, 15) is 9.59 Å². The summed E-state index contributed by atoms with van der Waals surface area (Å²) in [4.78, 5) is 23.9. The Morgan fingerprint density at radius 3 is 2.18 bits per heavy atom. The maximum Gasteiger partial charge on any atom is 0.306 e. The van der Waals surface area contributed by atoms with Crippen molar-refractivity contribution in [3.8, 4) is 0 Å². The van der Waals surface area contributed by atoms with Crippen molar-refractivity contribution >= 4 is 43.8 Å². The second-order valence-corrected chi connectivity index (χ2v) is 8.44. The molecule has 6 heteroatoms. The molecule has 0 amide bonds. The topological polar surface area (TPSA) is 52.6 Å². The maximum atomic E-state index is 12.3. The summed E-state index contributed by atoms with van der Waals surface area (Å²) in [6.07, 6.45) is 0.598. The number of hydrogen-bond acceptors (Lipinski definition) is 4. The van der Waals surface area contributed by atoms with Gasteiger partial charge in [-0.15, -0.1) is 0 Å². The number of carbonyl (C=O) groups excluding carboxylic acids is 2. The van der Waals surface area contributed by atoms with Gasteiger partial charge >= 0.3 is 11.9 Å². The number of benzene rings is 2. The summed E-state index contributed by atoms with van der Waals surface area (Å²) in [5.74, 6) is -0.452. The summed E-state index contributed by atoms with van der Waals surface area (Å²) < 4.78 is 12.1. The van der Waals surface area contributed by atoms with E-state index in [2.05, 4.69) is 31.9 Å². The van der Waals surface area contributed by atoms with Crippen LogP contribution in [0.25, 0.3) is 0 Å². The van der Waals surface area contributed by atoms with Gasteiger partial charge in [-0.05, 0) is 29.0 Å². The molecule has 0 saturated heterocycles. The average molecular weight is 512 g/mol. The first-order valence-corrected chi connectivity index (χ1v) is 10.7. The Labute approximate surface area is 182 Å². The Bertz CT molecular complexity index is 835. The fraction of sp³-hybridized carbons (Fsp3) is 0.364. The maximum absolute atomic E-state index is 12.3. The van der Waals surface area contributed by atoms with E-state index >= 15 is 0 Å². The average Bonchev–Trinajstić information content (AvgIpc) is 2.67. The zero-order valence-corrected chi connectivity index (χ0v) is 19.4. The molecule has 0 spiro atoms. The van der Waals surface area contributed by atoms with E-state index in [1.54, 1.807) is 0 Å². The molecule has 0 heterocycles. The van der Waals surface area contributed by atoms with Crippen LogP contribution >= 0.6 is 31.9 Å². The van der Waals surface area contributed by atoms with E-state index < -0.39 is 0 Å². The van der Waals surface area contributed by atoms with Gasteiger partial charge in [0.05, 0.1) is 20.0 Å². The number of hydrogen-bond donors (Lipinski definition) is 0. The number of rotatable bonds is 8. The molecule has 0 aliphatic carbocycles.